The van der Waals surface area contributed by atoms with Crippen LogP contribution in [-0.2, 0) is 26.5 Å². The van der Waals surface area contributed by atoms with Crippen molar-refractivity contribution in [1.29, 1.82) is 0 Å². The molecule has 0 bridgehead atoms. The first-order valence-electron chi connectivity index (χ1n) is 17.2. The molecule has 4 N–H and O–H groups in total. The maximum atomic E-state index is 13.5. The van der Waals surface area contributed by atoms with Crippen molar-refractivity contribution in [2.45, 2.75) is 88.5 Å². The van der Waals surface area contributed by atoms with Gasteiger partial charge in [-0.15, -0.1) is 0 Å². The third-order valence-corrected chi connectivity index (χ3v) is 9.96. The Labute approximate surface area is 280 Å². The number of carbonyl (C=O) groups excluding carboxylic acids is 2. The van der Waals surface area contributed by atoms with Crippen LogP contribution in [0.15, 0.2) is 48.5 Å². The largest absolute Gasteiger partial charge is 0.497 e. The second-order valence-electron chi connectivity index (χ2n) is 13.2. The first-order chi connectivity index (χ1) is 22.8. The predicted octanol–water partition coefficient (Wildman–Crippen LogP) is 4.16. The summed E-state index contributed by atoms with van der Waals surface area (Å²) in [6.07, 6.45) is 8.09. The number of aliphatic hydroxyl groups excluding tert-OH is 1. The van der Waals surface area contributed by atoms with E-state index in [9.17, 15) is 19.8 Å². The van der Waals surface area contributed by atoms with E-state index in [-0.39, 0.29) is 12.5 Å². The van der Waals surface area contributed by atoms with Gasteiger partial charge < -0.3 is 40.0 Å². The van der Waals surface area contributed by atoms with E-state index in [2.05, 4.69) is 10.6 Å². The van der Waals surface area contributed by atoms with Crippen LogP contribution >= 0.6 is 0 Å². The lowest BCUT2D eigenvalue weighted by Gasteiger charge is -2.35. The number of likely N-dealkylation sites (tertiary alicyclic amines) is 1. The highest BCUT2D eigenvalue weighted by Gasteiger charge is 2.44. The van der Waals surface area contributed by atoms with Crippen molar-refractivity contribution in [3.05, 3.63) is 59.7 Å². The topological polar surface area (TPSA) is 130 Å². The highest BCUT2D eigenvalue weighted by Crippen LogP contribution is 2.40. The smallest absolute Gasteiger partial charge is 0.311 e. The van der Waals surface area contributed by atoms with Gasteiger partial charge in [-0.05, 0) is 61.3 Å². The number of amides is 2. The van der Waals surface area contributed by atoms with E-state index in [1.807, 2.05) is 42.5 Å². The number of aliphatic hydroxyl groups is 2. The molecule has 4 rings (SSSR count). The number of methoxy groups -OCH3 is 3. The van der Waals surface area contributed by atoms with E-state index in [0.29, 0.717) is 62.9 Å². The van der Waals surface area contributed by atoms with Crippen LogP contribution in [0.2, 0.25) is 0 Å². The van der Waals surface area contributed by atoms with Gasteiger partial charge in [-0.2, -0.15) is 0 Å². The van der Waals surface area contributed by atoms with Crippen LogP contribution in [-0.4, -0.2) is 86.6 Å². The first kappa shape index (κ1) is 36.7. The van der Waals surface area contributed by atoms with Gasteiger partial charge in [0.1, 0.15) is 11.5 Å². The zero-order valence-electron chi connectivity index (χ0n) is 28.4. The normalized spacial score (nSPS) is 19.5. The Kier molecular flexibility index (Phi) is 14.3. The average molecular weight is 654 g/mol. The molecule has 2 amide bonds. The fraction of sp³-hybridized carbons (Fsp3) is 0.622. The minimum absolute atomic E-state index is 0.202. The standard InChI is InChI=1S/C37H55N3O7/c1-45-19-11-10-17-37(44,29-14-8-5-9-15-29)30-16-18-40(26-30)36(43)35(42)39-33(22-27-12-6-4-7-13-27)34(41)25-38-24-28-20-31(46-2)23-32(21-28)47-3/h5,8-9,14-15,20-21,23,27,30,33-34,38,41,44H,4,6-7,10-13,16-19,22,24-26H2,1-3H3,(H,39,42)/t30?,33-,34-,37?/m0/s1. The van der Waals surface area contributed by atoms with Crippen molar-refractivity contribution in [3.63, 3.8) is 0 Å². The molecule has 1 aliphatic heterocycles. The van der Waals surface area contributed by atoms with Gasteiger partial charge in [-0.25, -0.2) is 0 Å². The number of hydrogen-bond donors (Lipinski definition) is 4. The Hall–Kier alpha value is -3.18. The van der Waals surface area contributed by atoms with Crippen molar-refractivity contribution < 1.29 is 34.0 Å². The van der Waals surface area contributed by atoms with Gasteiger partial charge in [0.25, 0.3) is 0 Å². The molecule has 4 atom stereocenters. The molecule has 260 valence electrons. The minimum atomic E-state index is -1.11. The molecule has 2 aromatic carbocycles. The molecule has 2 aliphatic rings. The van der Waals surface area contributed by atoms with Crippen LogP contribution < -0.4 is 20.1 Å². The number of nitrogens with one attached hydrogen (secondary N) is 2. The molecular formula is C37H55N3O7. The quantitative estimate of drug-likeness (QED) is 0.148. The van der Waals surface area contributed by atoms with Crippen LogP contribution in [0, 0.1) is 11.8 Å². The fourth-order valence-corrected chi connectivity index (χ4v) is 7.23. The molecule has 0 spiro atoms. The summed E-state index contributed by atoms with van der Waals surface area (Å²) in [6, 6.07) is 14.7. The summed E-state index contributed by atoms with van der Waals surface area (Å²) in [7, 11) is 4.88. The number of nitrogens with zero attached hydrogens (tertiary/aromatic N) is 1. The number of carbonyl (C=O) groups is 2. The predicted molar refractivity (Wildman–Crippen MR) is 181 cm³/mol. The molecule has 2 unspecified atom stereocenters. The minimum Gasteiger partial charge on any atom is -0.497 e. The number of rotatable bonds is 17. The maximum absolute atomic E-state index is 13.5. The van der Waals surface area contributed by atoms with Crippen LogP contribution in [0.5, 0.6) is 11.5 Å². The Bertz CT molecular complexity index is 1230. The van der Waals surface area contributed by atoms with E-state index in [1.165, 1.54) is 6.42 Å². The number of benzene rings is 2. The monoisotopic (exact) mass is 653 g/mol. The SMILES string of the molecule is COCCCCC(O)(c1ccccc1)C1CCN(C(=O)C(=O)N[C@@H](CC2CCCCC2)[C@@H](O)CNCc2cc(OC)cc(OC)c2)C1. The molecule has 2 aromatic rings. The van der Waals surface area contributed by atoms with E-state index >= 15 is 0 Å². The summed E-state index contributed by atoms with van der Waals surface area (Å²) in [5.74, 6) is 0.232. The lowest BCUT2D eigenvalue weighted by atomic mass is 9.77. The third kappa shape index (κ3) is 10.4. The van der Waals surface area contributed by atoms with E-state index in [0.717, 1.165) is 49.7 Å². The van der Waals surface area contributed by atoms with E-state index < -0.39 is 29.6 Å². The van der Waals surface area contributed by atoms with Crippen LogP contribution in [0.4, 0.5) is 0 Å². The van der Waals surface area contributed by atoms with Crippen molar-refractivity contribution in [1.82, 2.24) is 15.5 Å². The molecule has 10 heteroatoms. The van der Waals surface area contributed by atoms with Gasteiger partial charge in [-0.3, -0.25) is 9.59 Å². The Morgan fingerprint density at radius 2 is 1.68 bits per heavy atom. The maximum Gasteiger partial charge on any atom is 0.311 e. The molecule has 1 heterocycles. The second kappa shape index (κ2) is 18.4. The van der Waals surface area contributed by atoms with Gasteiger partial charge in [-0.1, -0.05) is 62.4 Å². The third-order valence-electron chi connectivity index (χ3n) is 9.96. The molecule has 1 saturated heterocycles. The number of hydrogen-bond acceptors (Lipinski definition) is 8. The molecule has 10 nitrogen and oxygen atoms in total. The van der Waals surface area contributed by atoms with Crippen molar-refractivity contribution in [3.8, 4) is 11.5 Å². The zero-order chi connectivity index (χ0) is 33.6. The molecule has 1 aliphatic carbocycles. The van der Waals surface area contributed by atoms with Gasteiger partial charge in [0.15, 0.2) is 0 Å². The lowest BCUT2D eigenvalue weighted by molar-refractivity contribution is -0.146. The summed E-state index contributed by atoms with van der Waals surface area (Å²) in [4.78, 5) is 28.5. The Morgan fingerprint density at radius 1 is 0.979 bits per heavy atom. The van der Waals surface area contributed by atoms with Gasteiger partial charge >= 0.3 is 11.8 Å². The number of unbranched alkanes of at least 4 members (excludes halogenated alkanes) is 1. The summed E-state index contributed by atoms with van der Waals surface area (Å²) >= 11 is 0. The van der Waals surface area contributed by atoms with Crippen molar-refractivity contribution in [2.75, 3.05) is 47.6 Å². The highest BCUT2D eigenvalue weighted by molar-refractivity contribution is 6.35. The number of ether oxygens (including phenoxy) is 3. The zero-order valence-corrected chi connectivity index (χ0v) is 28.4. The molecule has 47 heavy (non-hydrogen) atoms. The first-order valence-corrected chi connectivity index (χ1v) is 17.2. The highest BCUT2D eigenvalue weighted by atomic mass is 16.5. The molecule has 0 aromatic heterocycles. The Balaban J connectivity index is 1.39. The van der Waals surface area contributed by atoms with Crippen LogP contribution in [0.1, 0.15) is 75.3 Å². The van der Waals surface area contributed by atoms with Gasteiger partial charge in [0, 0.05) is 51.9 Å². The summed E-state index contributed by atoms with van der Waals surface area (Å²) in [6.45, 7) is 2.03. The second-order valence-corrected chi connectivity index (χ2v) is 13.2. The molecule has 0 radical (unpaired) electrons. The summed E-state index contributed by atoms with van der Waals surface area (Å²) in [5.41, 5.74) is 0.657. The van der Waals surface area contributed by atoms with Crippen LogP contribution in [0.25, 0.3) is 0 Å². The van der Waals surface area contributed by atoms with Crippen molar-refractivity contribution >= 4 is 11.8 Å². The molecule has 2 fully saturated rings. The average Bonchev–Trinajstić information content (AvgIpc) is 3.61. The lowest BCUT2D eigenvalue weighted by Crippen LogP contribution is -2.52. The van der Waals surface area contributed by atoms with E-state index in [1.54, 1.807) is 32.3 Å². The molecular weight excluding hydrogens is 598 g/mol. The Morgan fingerprint density at radius 3 is 2.34 bits per heavy atom. The van der Waals surface area contributed by atoms with Crippen molar-refractivity contribution in [2.24, 2.45) is 11.8 Å². The van der Waals surface area contributed by atoms with Gasteiger partial charge in [0.05, 0.1) is 32.0 Å². The summed E-state index contributed by atoms with van der Waals surface area (Å²) < 4.78 is 15.9. The van der Waals surface area contributed by atoms with Crippen LogP contribution in [0.3, 0.4) is 0 Å². The molecule has 1 saturated carbocycles. The van der Waals surface area contributed by atoms with E-state index in [4.69, 9.17) is 14.2 Å². The fourth-order valence-electron chi connectivity index (χ4n) is 7.23. The van der Waals surface area contributed by atoms with Gasteiger partial charge in [0.2, 0.25) is 0 Å². The summed E-state index contributed by atoms with van der Waals surface area (Å²) in [5, 5.41) is 29.5.